The Morgan fingerprint density at radius 3 is 2.67 bits per heavy atom. The van der Waals surface area contributed by atoms with E-state index in [-0.39, 0.29) is 39.7 Å². The van der Waals surface area contributed by atoms with Crippen molar-refractivity contribution in [2.45, 2.75) is 31.6 Å². The van der Waals surface area contributed by atoms with E-state index >= 15 is 0 Å². The molecule has 8 heteroatoms. The third-order valence-electron chi connectivity index (χ3n) is 3.46. The van der Waals surface area contributed by atoms with Gasteiger partial charge in [-0.15, -0.1) is 0 Å². The van der Waals surface area contributed by atoms with Crippen LogP contribution in [0.3, 0.4) is 0 Å². The van der Waals surface area contributed by atoms with Crippen LogP contribution in [-0.2, 0) is 4.74 Å². The molecule has 6 nitrogen and oxygen atoms in total. The van der Waals surface area contributed by atoms with Crippen molar-refractivity contribution in [2.75, 3.05) is 13.7 Å². The number of benzene rings is 1. The zero-order valence-electron chi connectivity index (χ0n) is 11.6. The lowest BCUT2D eigenvalue weighted by molar-refractivity contribution is -0.386. The lowest BCUT2D eigenvalue weighted by Crippen LogP contribution is -2.60. The summed E-state index contributed by atoms with van der Waals surface area (Å²) in [7, 11) is 1.59. The number of hydrogen-bond acceptors (Lipinski definition) is 5. The fourth-order valence-electron chi connectivity index (χ4n) is 2.39. The predicted octanol–water partition coefficient (Wildman–Crippen LogP) is 3.05. The first-order chi connectivity index (χ1) is 9.97. The molecule has 1 fully saturated rings. The number of nitro groups is 1. The van der Waals surface area contributed by atoms with Crippen molar-refractivity contribution < 1.29 is 14.4 Å². The number of rotatable bonds is 6. The van der Waals surface area contributed by atoms with E-state index in [0.717, 1.165) is 6.54 Å². The lowest BCUT2D eigenvalue weighted by atomic mass is 9.85. The Hall–Kier alpha value is -1.08. The first-order valence-corrected chi connectivity index (χ1v) is 7.29. The maximum absolute atomic E-state index is 11.1. The van der Waals surface area contributed by atoms with Crippen LogP contribution in [0.2, 0.25) is 10.0 Å². The highest BCUT2D eigenvalue weighted by Gasteiger charge is 2.43. The second kappa shape index (κ2) is 6.79. The number of methoxy groups -OCH3 is 1. The van der Waals surface area contributed by atoms with Crippen LogP contribution in [0.25, 0.3) is 0 Å². The van der Waals surface area contributed by atoms with Crippen molar-refractivity contribution in [1.82, 2.24) is 5.32 Å². The molecular formula is C13H16Cl2N2O4. The number of likely N-dealkylation sites (N-methyl/N-ethyl adjacent to an activating group) is 1. The molecule has 21 heavy (non-hydrogen) atoms. The minimum absolute atomic E-state index is 0.108. The molecule has 0 amide bonds. The molecule has 0 spiro atoms. The van der Waals surface area contributed by atoms with Gasteiger partial charge in [-0.2, -0.15) is 0 Å². The van der Waals surface area contributed by atoms with E-state index in [1.807, 2.05) is 6.92 Å². The van der Waals surface area contributed by atoms with Crippen LogP contribution < -0.4 is 10.1 Å². The van der Waals surface area contributed by atoms with Gasteiger partial charge in [-0.1, -0.05) is 30.1 Å². The molecule has 1 aliphatic rings. The molecule has 116 valence electrons. The zero-order valence-corrected chi connectivity index (χ0v) is 13.1. The monoisotopic (exact) mass is 334 g/mol. The van der Waals surface area contributed by atoms with E-state index in [1.54, 1.807) is 7.11 Å². The summed E-state index contributed by atoms with van der Waals surface area (Å²) >= 11 is 11.7. The van der Waals surface area contributed by atoms with Gasteiger partial charge >= 0.3 is 5.69 Å². The summed E-state index contributed by atoms with van der Waals surface area (Å²) in [6.45, 7) is 2.83. The lowest BCUT2D eigenvalue weighted by Gasteiger charge is -2.43. The highest BCUT2D eigenvalue weighted by molar-refractivity contribution is 6.42. The molecule has 3 unspecified atom stereocenters. The van der Waals surface area contributed by atoms with Gasteiger partial charge in [0.05, 0.1) is 15.0 Å². The van der Waals surface area contributed by atoms with Gasteiger partial charge < -0.3 is 14.8 Å². The Labute approximate surface area is 132 Å². The predicted molar refractivity (Wildman–Crippen MR) is 80.4 cm³/mol. The molecule has 0 radical (unpaired) electrons. The van der Waals surface area contributed by atoms with Crippen molar-refractivity contribution in [3.8, 4) is 5.75 Å². The molecule has 1 N–H and O–H groups in total. The van der Waals surface area contributed by atoms with E-state index < -0.39 is 4.92 Å². The first kappa shape index (κ1) is 16.3. The van der Waals surface area contributed by atoms with Gasteiger partial charge in [-0.3, -0.25) is 10.1 Å². The molecule has 0 heterocycles. The number of nitrogens with zero attached hydrogens (tertiary/aromatic N) is 1. The third kappa shape index (κ3) is 3.40. The molecule has 1 aromatic carbocycles. The average molecular weight is 335 g/mol. The van der Waals surface area contributed by atoms with E-state index in [4.69, 9.17) is 32.7 Å². The fraction of sp³-hybridized carbons (Fsp3) is 0.538. The second-order valence-corrected chi connectivity index (χ2v) is 5.56. The highest BCUT2D eigenvalue weighted by Crippen LogP contribution is 2.38. The van der Waals surface area contributed by atoms with Crippen molar-refractivity contribution in [2.24, 2.45) is 0 Å². The Balaban J connectivity index is 2.16. The summed E-state index contributed by atoms with van der Waals surface area (Å²) in [5, 5.41) is 14.7. The van der Waals surface area contributed by atoms with Crippen LogP contribution in [0.15, 0.2) is 12.1 Å². The third-order valence-corrected chi connectivity index (χ3v) is 4.19. The van der Waals surface area contributed by atoms with E-state index in [1.165, 1.54) is 12.1 Å². The molecule has 2 rings (SSSR count). The molecule has 0 aromatic heterocycles. The summed E-state index contributed by atoms with van der Waals surface area (Å²) < 4.78 is 11.1. The zero-order chi connectivity index (χ0) is 15.6. The van der Waals surface area contributed by atoms with Gasteiger partial charge in [0.15, 0.2) is 5.75 Å². The van der Waals surface area contributed by atoms with Gasteiger partial charge in [0, 0.05) is 31.7 Å². The Bertz CT molecular complexity index is 541. The fourth-order valence-corrected chi connectivity index (χ4v) is 2.70. The topological polar surface area (TPSA) is 73.6 Å². The maximum atomic E-state index is 11.1. The molecule has 3 atom stereocenters. The molecule has 1 aromatic rings. The van der Waals surface area contributed by atoms with Crippen LogP contribution in [0.1, 0.15) is 13.3 Å². The smallest absolute Gasteiger partial charge is 0.312 e. The summed E-state index contributed by atoms with van der Waals surface area (Å²) in [5.41, 5.74) is -0.203. The minimum atomic E-state index is -0.542. The van der Waals surface area contributed by atoms with E-state index in [9.17, 15) is 10.1 Å². The van der Waals surface area contributed by atoms with Crippen LogP contribution >= 0.6 is 23.2 Å². The Kier molecular flexibility index (Phi) is 5.27. The van der Waals surface area contributed by atoms with Gasteiger partial charge in [-0.25, -0.2) is 0 Å². The van der Waals surface area contributed by atoms with Gasteiger partial charge in [0.1, 0.15) is 12.2 Å². The van der Waals surface area contributed by atoms with Crippen LogP contribution in [0, 0.1) is 10.1 Å². The number of hydrogen-bond donors (Lipinski definition) is 1. The molecular weight excluding hydrogens is 319 g/mol. The van der Waals surface area contributed by atoms with Gasteiger partial charge in [0.25, 0.3) is 0 Å². The quantitative estimate of drug-likeness (QED) is 0.639. The second-order valence-electron chi connectivity index (χ2n) is 4.75. The molecule has 0 aliphatic heterocycles. The van der Waals surface area contributed by atoms with Crippen LogP contribution in [0.5, 0.6) is 5.75 Å². The van der Waals surface area contributed by atoms with Crippen LogP contribution in [-0.4, -0.2) is 36.8 Å². The number of ether oxygens (including phenoxy) is 2. The SMILES string of the molecule is CCNC1CC(Oc2cc(Cl)c(Cl)cc2[N+](=O)[O-])C1OC. The summed E-state index contributed by atoms with van der Waals surface area (Å²) in [6.07, 6.45) is 0.304. The first-order valence-electron chi connectivity index (χ1n) is 6.54. The van der Waals surface area contributed by atoms with Crippen molar-refractivity contribution in [1.29, 1.82) is 0 Å². The molecule has 0 saturated heterocycles. The van der Waals surface area contributed by atoms with E-state index in [0.29, 0.717) is 6.42 Å². The van der Waals surface area contributed by atoms with E-state index in [2.05, 4.69) is 5.32 Å². The Morgan fingerprint density at radius 2 is 2.10 bits per heavy atom. The van der Waals surface area contributed by atoms with Crippen LogP contribution in [0.4, 0.5) is 5.69 Å². The molecule has 1 aliphatic carbocycles. The largest absolute Gasteiger partial charge is 0.481 e. The highest BCUT2D eigenvalue weighted by atomic mass is 35.5. The molecule has 1 saturated carbocycles. The normalized spacial score (nSPS) is 24.5. The standard InChI is InChI=1S/C13H16Cl2N2O4/c1-3-16-9-6-12(13(9)20-2)21-11-5-8(15)7(14)4-10(11)17(18)19/h4-5,9,12-13,16H,3,6H2,1-2H3. The summed E-state index contributed by atoms with van der Waals surface area (Å²) in [5.74, 6) is 0.108. The minimum Gasteiger partial charge on any atom is -0.481 e. The van der Waals surface area contributed by atoms with Crippen molar-refractivity contribution >= 4 is 28.9 Å². The molecule has 0 bridgehead atoms. The number of nitro benzene ring substituents is 1. The number of halogens is 2. The Morgan fingerprint density at radius 1 is 1.43 bits per heavy atom. The number of nitrogens with one attached hydrogen (secondary N) is 1. The summed E-state index contributed by atoms with van der Waals surface area (Å²) in [4.78, 5) is 10.5. The van der Waals surface area contributed by atoms with Crippen molar-refractivity contribution in [3.63, 3.8) is 0 Å². The maximum Gasteiger partial charge on any atom is 0.312 e. The summed E-state index contributed by atoms with van der Waals surface area (Å²) in [6, 6.07) is 2.75. The van der Waals surface area contributed by atoms with Crippen molar-refractivity contribution in [3.05, 3.63) is 32.3 Å². The average Bonchev–Trinajstić information content (AvgIpc) is 2.41. The van der Waals surface area contributed by atoms with Gasteiger partial charge in [0.2, 0.25) is 0 Å². The van der Waals surface area contributed by atoms with Gasteiger partial charge in [-0.05, 0) is 6.54 Å².